The van der Waals surface area contributed by atoms with Crippen LogP contribution in [-0.4, -0.2) is 40.1 Å². The van der Waals surface area contributed by atoms with Crippen molar-refractivity contribution in [2.24, 2.45) is 0 Å². The Hall–Kier alpha value is -3.37. The fourth-order valence-corrected chi connectivity index (χ4v) is 3.86. The fourth-order valence-electron chi connectivity index (χ4n) is 2.80. The van der Waals surface area contributed by atoms with Gasteiger partial charge in [0.05, 0.1) is 24.8 Å². The maximum Gasteiger partial charge on any atom is 0.248 e. The second-order valence-corrected chi connectivity index (χ2v) is 8.10. The zero-order chi connectivity index (χ0) is 21.7. The van der Waals surface area contributed by atoms with E-state index in [4.69, 9.17) is 9.47 Å². The lowest BCUT2D eigenvalue weighted by Crippen LogP contribution is -2.28. The minimum absolute atomic E-state index is 0.0410. The van der Waals surface area contributed by atoms with Gasteiger partial charge in [0, 0.05) is 30.6 Å². The van der Waals surface area contributed by atoms with Crippen LogP contribution in [0, 0.1) is 0 Å². The summed E-state index contributed by atoms with van der Waals surface area (Å²) in [6.07, 6.45) is -0.0741. The summed E-state index contributed by atoms with van der Waals surface area (Å²) in [5, 5.41) is 3.27. The van der Waals surface area contributed by atoms with Crippen molar-refractivity contribution in [3.05, 3.63) is 58.9 Å². The monoisotopic (exact) mass is 431 g/mol. The Morgan fingerprint density at radius 2 is 1.83 bits per heavy atom. The van der Waals surface area contributed by atoms with E-state index in [1.807, 2.05) is 0 Å². The number of aromatic nitrogens is 1. The Labute approximate surface area is 173 Å². The number of fused-ring (bicyclic) bond motifs is 1. The van der Waals surface area contributed by atoms with Crippen molar-refractivity contribution in [3.63, 3.8) is 0 Å². The Morgan fingerprint density at radius 3 is 2.57 bits per heavy atom. The number of ether oxygens (including phenoxy) is 2. The Morgan fingerprint density at radius 1 is 1.03 bits per heavy atom. The predicted molar refractivity (Wildman–Crippen MR) is 113 cm³/mol. The van der Waals surface area contributed by atoms with E-state index in [0.29, 0.717) is 28.1 Å². The molecular weight excluding hydrogens is 410 g/mol. The number of sulfonamides is 1. The second-order valence-electron chi connectivity index (χ2n) is 6.33. The molecule has 9 nitrogen and oxygen atoms in total. The minimum Gasteiger partial charge on any atom is -0.497 e. The van der Waals surface area contributed by atoms with Crippen molar-refractivity contribution in [2.45, 2.75) is 11.3 Å². The van der Waals surface area contributed by atoms with Crippen LogP contribution in [0.5, 0.6) is 11.5 Å². The smallest absolute Gasteiger partial charge is 0.248 e. The lowest BCUT2D eigenvalue weighted by Gasteiger charge is -2.12. The van der Waals surface area contributed by atoms with Gasteiger partial charge in [-0.2, -0.15) is 0 Å². The van der Waals surface area contributed by atoms with E-state index in [1.54, 1.807) is 24.3 Å². The molecule has 0 saturated heterocycles. The van der Waals surface area contributed by atoms with Gasteiger partial charge in [0.2, 0.25) is 21.5 Å². The van der Waals surface area contributed by atoms with Crippen molar-refractivity contribution in [1.82, 2.24) is 9.71 Å². The van der Waals surface area contributed by atoms with Gasteiger partial charge in [-0.15, -0.1) is 0 Å². The molecule has 0 spiro atoms. The van der Waals surface area contributed by atoms with E-state index in [0.717, 1.165) is 0 Å². The lowest BCUT2D eigenvalue weighted by atomic mass is 10.2. The number of methoxy groups -OCH3 is 2. The average Bonchev–Trinajstić information content (AvgIpc) is 2.73. The van der Waals surface area contributed by atoms with Crippen molar-refractivity contribution in [1.29, 1.82) is 0 Å². The highest BCUT2D eigenvalue weighted by molar-refractivity contribution is 7.89. The van der Waals surface area contributed by atoms with Crippen LogP contribution < -0.4 is 25.1 Å². The highest BCUT2D eigenvalue weighted by Crippen LogP contribution is 2.29. The molecule has 0 aliphatic heterocycles. The number of aromatic amines is 1. The summed E-state index contributed by atoms with van der Waals surface area (Å²) in [6, 6.07) is 12.2. The molecule has 2 aromatic carbocycles. The molecule has 30 heavy (non-hydrogen) atoms. The molecule has 0 aliphatic carbocycles. The number of hydrogen-bond donors (Lipinski definition) is 3. The van der Waals surface area contributed by atoms with E-state index in [1.165, 1.54) is 38.5 Å². The summed E-state index contributed by atoms with van der Waals surface area (Å²) in [7, 11) is -0.824. The molecule has 158 valence electrons. The molecular formula is C20H21N3O6S. The molecule has 0 radical (unpaired) electrons. The Kier molecular flexibility index (Phi) is 6.38. The summed E-state index contributed by atoms with van der Waals surface area (Å²) in [6.45, 7) is -0.0870. The standard InChI is InChI=1S/C20H21N3O6S/c1-28-14-4-6-17(18(12-14)29-2)23-20(25)9-10-21-30(26,27)15-5-7-16-13(11-15)3-8-19(24)22-16/h3-8,11-12,21H,9-10H2,1-2H3,(H,22,24)(H,23,25). The van der Waals surface area contributed by atoms with Gasteiger partial charge in [-0.05, 0) is 41.8 Å². The molecule has 0 aliphatic rings. The summed E-state index contributed by atoms with van der Waals surface area (Å²) in [5.41, 5.74) is 0.722. The van der Waals surface area contributed by atoms with Crippen molar-refractivity contribution in [2.75, 3.05) is 26.1 Å². The maximum absolute atomic E-state index is 12.5. The normalized spacial score (nSPS) is 11.3. The lowest BCUT2D eigenvalue weighted by molar-refractivity contribution is -0.116. The quantitative estimate of drug-likeness (QED) is 0.500. The van der Waals surface area contributed by atoms with Crippen LogP contribution in [-0.2, 0) is 14.8 Å². The van der Waals surface area contributed by atoms with E-state index in [9.17, 15) is 18.0 Å². The Bertz CT molecular complexity index is 1240. The van der Waals surface area contributed by atoms with Crippen LogP contribution in [0.15, 0.2) is 58.2 Å². The zero-order valence-corrected chi connectivity index (χ0v) is 17.2. The van der Waals surface area contributed by atoms with Crippen LogP contribution >= 0.6 is 0 Å². The van der Waals surface area contributed by atoms with E-state index >= 15 is 0 Å². The van der Waals surface area contributed by atoms with Crippen LogP contribution in [0.2, 0.25) is 0 Å². The number of rotatable bonds is 8. The van der Waals surface area contributed by atoms with Gasteiger partial charge in [-0.3, -0.25) is 9.59 Å². The van der Waals surface area contributed by atoms with Gasteiger partial charge in [0.25, 0.3) is 0 Å². The van der Waals surface area contributed by atoms with E-state index < -0.39 is 10.0 Å². The minimum atomic E-state index is -3.82. The van der Waals surface area contributed by atoms with E-state index in [-0.39, 0.29) is 29.3 Å². The van der Waals surface area contributed by atoms with Crippen molar-refractivity contribution < 1.29 is 22.7 Å². The molecule has 3 N–H and O–H groups in total. The third kappa shape index (κ3) is 4.97. The van der Waals surface area contributed by atoms with Gasteiger partial charge < -0.3 is 19.8 Å². The number of benzene rings is 2. The molecule has 1 aromatic heterocycles. The maximum atomic E-state index is 12.5. The van der Waals surface area contributed by atoms with Crippen LogP contribution in [0.1, 0.15) is 6.42 Å². The van der Waals surface area contributed by atoms with Gasteiger partial charge in [-0.1, -0.05) is 0 Å². The first-order valence-corrected chi connectivity index (χ1v) is 10.5. The summed E-state index contributed by atoms with van der Waals surface area (Å²) in [5.74, 6) is 0.631. The van der Waals surface area contributed by atoms with Gasteiger partial charge >= 0.3 is 0 Å². The SMILES string of the molecule is COc1ccc(NC(=O)CCNS(=O)(=O)c2ccc3[nH]c(=O)ccc3c2)c(OC)c1. The van der Waals surface area contributed by atoms with E-state index in [2.05, 4.69) is 15.0 Å². The molecule has 1 heterocycles. The molecule has 10 heteroatoms. The number of nitrogens with one attached hydrogen (secondary N) is 3. The average molecular weight is 431 g/mol. The highest BCUT2D eigenvalue weighted by atomic mass is 32.2. The number of H-pyrrole nitrogens is 1. The van der Waals surface area contributed by atoms with Crippen LogP contribution in [0.4, 0.5) is 5.69 Å². The summed E-state index contributed by atoms with van der Waals surface area (Å²) in [4.78, 5) is 26.2. The van der Waals surface area contributed by atoms with Gasteiger partial charge in [0.1, 0.15) is 11.5 Å². The summed E-state index contributed by atoms with van der Waals surface area (Å²) >= 11 is 0. The molecule has 0 atom stereocenters. The summed E-state index contributed by atoms with van der Waals surface area (Å²) < 4.78 is 37.7. The number of anilines is 1. The topological polar surface area (TPSA) is 127 Å². The number of pyridine rings is 1. The second kappa shape index (κ2) is 8.97. The first-order valence-electron chi connectivity index (χ1n) is 8.97. The molecule has 1 amide bonds. The first kappa shape index (κ1) is 21.3. The third-order valence-electron chi connectivity index (χ3n) is 4.33. The first-order chi connectivity index (χ1) is 14.3. The van der Waals surface area contributed by atoms with Crippen LogP contribution in [0.3, 0.4) is 0 Å². The third-order valence-corrected chi connectivity index (χ3v) is 5.79. The molecule has 0 fully saturated rings. The molecule has 3 aromatic rings. The molecule has 0 saturated carbocycles. The van der Waals surface area contributed by atoms with Crippen molar-refractivity contribution >= 4 is 32.5 Å². The number of amides is 1. The largest absolute Gasteiger partial charge is 0.497 e. The molecule has 3 rings (SSSR count). The Balaban J connectivity index is 1.62. The van der Waals surface area contributed by atoms with Gasteiger partial charge in [0.15, 0.2) is 0 Å². The number of carbonyl (C=O) groups is 1. The molecule has 0 bridgehead atoms. The predicted octanol–water partition coefficient (Wildman–Crippen LogP) is 1.85. The number of carbonyl (C=O) groups excluding carboxylic acids is 1. The molecule has 0 unspecified atom stereocenters. The van der Waals surface area contributed by atoms with Crippen molar-refractivity contribution in [3.8, 4) is 11.5 Å². The zero-order valence-electron chi connectivity index (χ0n) is 16.4. The van der Waals surface area contributed by atoms with Crippen LogP contribution in [0.25, 0.3) is 10.9 Å². The van der Waals surface area contributed by atoms with Gasteiger partial charge in [-0.25, -0.2) is 13.1 Å². The number of hydrogen-bond acceptors (Lipinski definition) is 6. The highest BCUT2D eigenvalue weighted by Gasteiger charge is 2.15. The fraction of sp³-hybridized carbons (Fsp3) is 0.200.